The Morgan fingerprint density at radius 1 is 1.42 bits per heavy atom. The van der Waals surface area contributed by atoms with Crippen molar-refractivity contribution in [2.45, 2.75) is 18.9 Å². The number of halogens is 1. The lowest BCUT2D eigenvalue weighted by Crippen LogP contribution is -2.42. The Hall–Kier alpha value is -1.33. The molecular formula is C13H18ClN3O2. The highest BCUT2D eigenvalue weighted by Gasteiger charge is 2.22. The second-order valence-corrected chi connectivity index (χ2v) is 5.45. The van der Waals surface area contributed by atoms with Crippen molar-refractivity contribution >= 4 is 23.0 Å². The lowest BCUT2D eigenvalue weighted by molar-refractivity contribution is -0.384. The maximum Gasteiger partial charge on any atom is 0.271 e. The smallest absolute Gasteiger partial charge is 0.271 e. The minimum Gasteiger partial charge on any atom is -0.370 e. The van der Waals surface area contributed by atoms with E-state index in [1.165, 1.54) is 12.1 Å². The first-order valence-corrected chi connectivity index (χ1v) is 6.72. The minimum atomic E-state index is -0.425. The normalized spacial score (nSPS) is 17.4. The van der Waals surface area contributed by atoms with Gasteiger partial charge in [0.2, 0.25) is 0 Å². The van der Waals surface area contributed by atoms with Crippen molar-refractivity contribution in [3.63, 3.8) is 0 Å². The molecule has 1 aromatic rings. The van der Waals surface area contributed by atoms with Gasteiger partial charge in [-0.15, -0.1) is 0 Å². The standard InChI is InChI=1S/C13H18ClN3O2/c1-15-7-5-10(6-8-15)16(2)13-4-3-11(17(18)19)9-12(13)14/h3-4,9-10H,5-8H2,1-2H3. The molecule has 0 N–H and O–H groups in total. The number of nitro benzene ring substituents is 1. The van der Waals surface area contributed by atoms with Gasteiger partial charge in [-0.1, -0.05) is 11.6 Å². The summed E-state index contributed by atoms with van der Waals surface area (Å²) in [5.74, 6) is 0. The molecule has 5 nitrogen and oxygen atoms in total. The van der Waals surface area contributed by atoms with Crippen LogP contribution >= 0.6 is 11.6 Å². The van der Waals surface area contributed by atoms with Crippen LogP contribution in [0.1, 0.15) is 12.8 Å². The van der Waals surface area contributed by atoms with Gasteiger partial charge in [-0.25, -0.2) is 0 Å². The number of hydrogen-bond donors (Lipinski definition) is 0. The number of piperidine rings is 1. The highest BCUT2D eigenvalue weighted by atomic mass is 35.5. The number of benzene rings is 1. The quantitative estimate of drug-likeness (QED) is 0.632. The highest BCUT2D eigenvalue weighted by Crippen LogP contribution is 2.31. The van der Waals surface area contributed by atoms with Gasteiger partial charge in [0, 0.05) is 25.2 Å². The molecule has 0 saturated carbocycles. The van der Waals surface area contributed by atoms with Crippen molar-refractivity contribution in [1.82, 2.24) is 4.90 Å². The molecule has 1 aromatic carbocycles. The van der Waals surface area contributed by atoms with Crippen molar-refractivity contribution in [3.8, 4) is 0 Å². The summed E-state index contributed by atoms with van der Waals surface area (Å²) >= 11 is 6.16. The summed E-state index contributed by atoms with van der Waals surface area (Å²) in [5, 5.41) is 11.1. The zero-order valence-corrected chi connectivity index (χ0v) is 11.9. The van der Waals surface area contributed by atoms with Crippen molar-refractivity contribution < 1.29 is 4.92 Å². The molecular weight excluding hydrogens is 266 g/mol. The summed E-state index contributed by atoms with van der Waals surface area (Å²) < 4.78 is 0. The molecule has 0 aromatic heterocycles. The van der Waals surface area contributed by atoms with Gasteiger partial charge in [-0.05, 0) is 39.0 Å². The maximum absolute atomic E-state index is 10.7. The van der Waals surface area contributed by atoms with Gasteiger partial charge < -0.3 is 9.80 Å². The second kappa shape index (κ2) is 5.75. The largest absolute Gasteiger partial charge is 0.370 e. The molecule has 1 saturated heterocycles. The molecule has 0 aliphatic carbocycles. The van der Waals surface area contributed by atoms with Crippen LogP contribution in [0.15, 0.2) is 18.2 Å². The van der Waals surface area contributed by atoms with Crippen molar-refractivity contribution in [2.75, 3.05) is 32.1 Å². The first-order chi connectivity index (χ1) is 8.99. The molecule has 0 spiro atoms. The number of hydrogen-bond acceptors (Lipinski definition) is 4. The third kappa shape index (κ3) is 3.16. The van der Waals surface area contributed by atoms with Crippen molar-refractivity contribution in [2.24, 2.45) is 0 Å². The third-order valence-corrected chi connectivity index (χ3v) is 4.06. The molecule has 0 amide bonds. The Kier molecular flexibility index (Phi) is 4.27. The first kappa shape index (κ1) is 14.1. The van der Waals surface area contributed by atoms with Gasteiger partial charge in [0.1, 0.15) is 0 Å². The summed E-state index contributed by atoms with van der Waals surface area (Å²) in [6.45, 7) is 2.14. The van der Waals surface area contributed by atoms with E-state index in [4.69, 9.17) is 11.6 Å². The molecule has 0 unspecified atom stereocenters. The Bertz CT molecular complexity index is 473. The van der Waals surface area contributed by atoms with Crippen LogP contribution < -0.4 is 4.90 Å². The van der Waals surface area contributed by atoms with Crippen LogP contribution in [-0.4, -0.2) is 43.0 Å². The first-order valence-electron chi connectivity index (χ1n) is 6.34. The predicted molar refractivity (Wildman–Crippen MR) is 77.0 cm³/mol. The Balaban J connectivity index is 2.15. The van der Waals surface area contributed by atoms with Gasteiger partial charge in [-0.2, -0.15) is 0 Å². The Labute approximate surface area is 117 Å². The van der Waals surface area contributed by atoms with E-state index in [-0.39, 0.29) is 5.69 Å². The molecule has 19 heavy (non-hydrogen) atoms. The number of likely N-dealkylation sites (tertiary alicyclic amines) is 1. The molecule has 0 radical (unpaired) electrons. The summed E-state index contributed by atoms with van der Waals surface area (Å²) in [6, 6.07) is 5.10. The van der Waals surface area contributed by atoms with E-state index in [1.54, 1.807) is 6.07 Å². The third-order valence-electron chi connectivity index (χ3n) is 3.76. The SMILES string of the molecule is CN1CCC(N(C)c2ccc([N+](=O)[O-])cc2Cl)CC1. The van der Waals surface area contributed by atoms with Crippen LogP contribution in [0.3, 0.4) is 0 Å². The zero-order chi connectivity index (χ0) is 14.0. The van der Waals surface area contributed by atoms with Crippen LogP contribution in [0.5, 0.6) is 0 Å². The zero-order valence-electron chi connectivity index (χ0n) is 11.2. The van der Waals surface area contributed by atoms with E-state index in [1.807, 2.05) is 7.05 Å². The number of rotatable bonds is 3. The molecule has 104 valence electrons. The fraction of sp³-hybridized carbons (Fsp3) is 0.538. The lowest BCUT2D eigenvalue weighted by Gasteiger charge is -2.36. The van der Waals surface area contributed by atoms with Crippen LogP contribution in [0.2, 0.25) is 5.02 Å². The molecule has 6 heteroatoms. The average Bonchev–Trinajstić information content (AvgIpc) is 2.38. The number of nitro groups is 1. The average molecular weight is 284 g/mol. The van der Waals surface area contributed by atoms with Crippen LogP contribution in [0, 0.1) is 10.1 Å². The van der Waals surface area contributed by atoms with Gasteiger partial charge in [-0.3, -0.25) is 10.1 Å². The Morgan fingerprint density at radius 3 is 2.58 bits per heavy atom. The molecule has 1 aliphatic heterocycles. The van der Waals surface area contributed by atoms with Crippen LogP contribution in [-0.2, 0) is 0 Å². The number of nitrogens with zero attached hydrogens (tertiary/aromatic N) is 3. The molecule has 0 atom stereocenters. The van der Waals surface area contributed by atoms with E-state index in [9.17, 15) is 10.1 Å². The van der Waals surface area contributed by atoms with E-state index in [0.29, 0.717) is 11.1 Å². The summed E-state index contributed by atoms with van der Waals surface area (Å²) in [5.41, 5.74) is 0.896. The van der Waals surface area contributed by atoms with E-state index in [0.717, 1.165) is 31.6 Å². The molecule has 1 fully saturated rings. The van der Waals surface area contributed by atoms with E-state index < -0.39 is 4.92 Å². The molecule has 1 aliphatic rings. The summed E-state index contributed by atoms with van der Waals surface area (Å²) in [4.78, 5) is 14.7. The van der Waals surface area contributed by atoms with Gasteiger partial charge in [0.15, 0.2) is 0 Å². The van der Waals surface area contributed by atoms with Crippen molar-refractivity contribution in [1.29, 1.82) is 0 Å². The summed E-state index contributed by atoms with van der Waals surface area (Å²) in [6.07, 6.45) is 2.17. The minimum absolute atomic E-state index is 0.0329. The number of non-ortho nitro benzene ring substituents is 1. The second-order valence-electron chi connectivity index (χ2n) is 5.04. The number of anilines is 1. The topological polar surface area (TPSA) is 49.6 Å². The summed E-state index contributed by atoms with van der Waals surface area (Å²) in [7, 11) is 4.12. The van der Waals surface area contributed by atoms with Crippen molar-refractivity contribution in [3.05, 3.63) is 33.3 Å². The fourth-order valence-electron chi connectivity index (χ4n) is 2.47. The van der Waals surface area contributed by atoms with E-state index >= 15 is 0 Å². The van der Waals surface area contributed by atoms with Crippen LogP contribution in [0.4, 0.5) is 11.4 Å². The molecule has 2 rings (SSSR count). The molecule has 1 heterocycles. The highest BCUT2D eigenvalue weighted by molar-refractivity contribution is 6.33. The maximum atomic E-state index is 10.7. The van der Waals surface area contributed by atoms with Gasteiger partial charge in [0.25, 0.3) is 5.69 Å². The van der Waals surface area contributed by atoms with Crippen LogP contribution in [0.25, 0.3) is 0 Å². The molecule has 0 bridgehead atoms. The monoisotopic (exact) mass is 283 g/mol. The van der Waals surface area contributed by atoms with E-state index in [2.05, 4.69) is 16.8 Å². The fourth-order valence-corrected chi connectivity index (χ4v) is 2.78. The van der Waals surface area contributed by atoms with Gasteiger partial charge >= 0.3 is 0 Å². The predicted octanol–water partition coefficient (Wildman–Crippen LogP) is 2.78. The van der Waals surface area contributed by atoms with Gasteiger partial charge in [0.05, 0.1) is 15.6 Å². The lowest BCUT2D eigenvalue weighted by atomic mass is 10.0. The Morgan fingerprint density at radius 2 is 2.05 bits per heavy atom.